The quantitative estimate of drug-likeness (QED) is 0.766. The molecule has 8 nitrogen and oxygen atoms in total. The van der Waals surface area contributed by atoms with Gasteiger partial charge in [-0.05, 0) is 12.1 Å². The number of nitrogens with zero attached hydrogens (tertiary/aromatic N) is 1. The van der Waals surface area contributed by atoms with Gasteiger partial charge in [0.15, 0.2) is 22.9 Å². The summed E-state index contributed by atoms with van der Waals surface area (Å²) in [7, 11) is 2.97. The van der Waals surface area contributed by atoms with E-state index in [4.69, 9.17) is 14.6 Å². The number of carbonyl (C=O) groups is 2. The van der Waals surface area contributed by atoms with Crippen LogP contribution in [0.3, 0.4) is 0 Å². The average molecular weight is 291 g/mol. The van der Waals surface area contributed by atoms with Crippen molar-refractivity contribution in [3.8, 4) is 11.5 Å². The van der Waals surface area contributed by atoms with Gasteiger partial charge in [0.05, 0.1) is 20.5 Å². The summed E-state index contributed by atoms with van der Waals surface area (Å²) in [5, 5.41) is 11.5. The first kappa shape index (κ1) is 14.4. The van der Waals surface area contributed by atoms with Crippen LogP contribution in [-0.2, 0) is 0 Å². The van der Waals surface area contributed by atoms with E-state index in [2.05, 4.69) is 15.3 Å². The van der Waals surface area contributed by atoms with Crippen molar-refractivity contribution in [1.82, 2.24) is 9.97 Å². The van der Waals surface area contributed by atoms with Crippen LogP contribution >= 0.6 is 0 Å². The molecule has 3 N–H and O–H groups in total. The second-order valence-electron chi connectivity index (χ2n) is 3.96. The molecule has 0 aliphatic rings. The Labute approximate surface area is 119 Å². The van der Waals surface area contributed by atoms with Crippen LogP contribution in [0.4, 0.5) is 5.69 Å². The molecule has 0 spiro atoms. The molecule has 0 aliphatic heterocycles. The maximum absolute atomic E-state index is 12.0. The molecule has 0 bridgehead atoms. The summed E-state index contributed by atoms with van der Waals surface area (Å²) < 4.78 is 10.2. The predicted molar refractivity (Wildman–Crippen MR) is 73.0 cm³/mol. The zero-order chi connectivity index (χ0) is 15.4. The molecule has 0 atom stereocenters. The highest BCUT2D eigenvalue weighted by atomic mass is 16.5. The highest BCUT2D eigenvalue weighted by Gasteiger charge is 2.20. The minimum absolute atomic E-state index is 0.197. The molecule has 0 fully saturated rings. The number of carbonyl (C=O) groups excluding carboxylic acids is 1. The van der Waals surface area contributed by atoms with Gasteiger partial charge in [-0.3, -0.25) is 4.79 Å². The van der Waals surface area contributed by atoms with Crippen LogP contribution in [0.2, 0.25) is 0 Å². The fraction of sp³-hybridized carbons (Fsp3) is 0.154. The van der Waals surface area contributed by atoms with Gasteiger partial charge in [0.2, 0.25) is 0 Å². The van der Waals surface area contributed by atoms with Crippen LogP contribution in [0.5, 0.6) is 11.5 Å². The molecule has 0 radical (unpaired) electrons. The Bertz CT molecular complexity index is 680. The highest BCUT2D eigenvalue weighted by molar-refractivity contribution is 6.08. The first-order chi connectivity index (χ1) is 10.1. The number of methoxy groups -OCH3 is 2. The standard InChI is InChI=1S/C13H13N3O5/c1-20-8-4-3-7(5-9(8)21-2)16-12(17)10-11(13(18)19)15-6-14-10/h3-6H,1-2H3,(H,14,15)(H,16,17)(H,18,19). The largest absolute Gasteiger partial charge is 0.493 e. The molecule has 1 aromatic heterocycles. The van der Waals surface area contributed by atoms with E-state index in [0.29, 0.717) is 17.2 Å². The molecule has 8 heteroatoms. The molecule has 110 valence electrons. The lowest BCUT2D eigenvalue weighted by Crippen LogP contribution is -2.16. The number of hydrogen-bond donors (Lipinski definition) is 3. The van der Waals surface area contributed by atoms with Gasteiger partial charge in [0.25, 0.3) is 5.91 Å². The van der Waals surface area contributed by atoms with Crippen molar-refractivity contribution < 1.29 is 24.2 Å². The monoisotopic (exact) mass is 291 g/mol. The molecule has 0 saturated heterocycles. The third-order valence-corrected chi connectivity index (χ3v) is 2.71. The number of carboxylic acid groups (broad SMARTS) is 1. The maximum Gasteiger partial charge on any atom is 0.354 e. The van der Waals surface area contributed by atoms with Crippen LogP contribution < -0.4 is 14.8 Å². The fourth-order valence-electron chi connectivity index (χ4n) is 1.73. The van der Waals surface area contributed by atoms with Crippen molar-refractivity contribution in [2.75, 3.05) is 19.5 Å². The Morgan fingerprint density at radius 3 is 2.57 bits per heavy atom. The van der Waals surface area contributed by atoms with E-state index in [-0.39, 0.29) is 11.4 Å². The lowest BCUT2D eigenvalue weighted by atomic mass is 10.2. The third kappa shape index (κ3) is 2.94. The minimum Gasteiger partial charge on any atom is -0.493 e. The SMILES string of the molecule is COc1ccc(NC(=O)c2nc[nH]c2C(=O)O)cc1OC. The summed E-state index contributed by atoms with van der Waals surface area (Å²) in [5.41, 5.74) is -0.0396. The second kappa shape index (κ2) is 5.95. The number of aromatic carboxylic acids is 1. The molecule has 1 amide bonds. The van der Waals surface area contributed by atoms with E-state index in [9.17, 15) is 9.59 Å². The van der Waals surface area contributed by atoms with E-state index in [1.54, 1.807) is 18.2 Å². The normalized spacial score (nSPS) is 10.0. The van der Waals surface area contributed by atoms with E-state index >= 15 is 0 Å². The maximum atomic E-state index is 12.0. The van der Waals surface area contributed by atoms with Gasteiger partial charge in [-0.15, -0.1) is 0 Å². The number of amides is 1. The van der Waals surface area contributed by atoms with Gasteiger partial charge in [-0.1, -0.05) is 0 Å². The zero-order valence-corrected chi connectivity index (χ0v) is 11.3. The van der Waals surface area contributed by atoms with E-state index in [0.717, 1.165) is 6.33 Å². The molecule has 0 saturated carbocycles. The van der Waals surface area contributed by atoms with Crippen molar-refractivity contribution in [2.24, 2.45) is 0 Å². The van der Waals surface area contributed by atoms with Gasteiger partial charge in [-0.2, -0.15) is 0 Å². The number of rotatable bonds is 5. The number of benzene rings is 1. The fourth-order valence-corrected chi connectivity index (χ4v) is 1.73. The van der Waals surface area contributed by atoms with Crippen molar-refractivity contribution in [2.45, 2.75) is 0 Å². The summed E-state index contributed by atoms with van der Waals surface area (Å²) in [6.45, 7) is 0. The van der Waals surface area contributed by atoms with Crippen molar-refractivity contribution >= 4 is 17.6 Å². The van der Waals surface area contributed by atoms with Crippen LogP contribution in [0.15, 0.2) is 24.5 Å². The molecular formula is C13H13N3O5. The molecule has 0 aliphatic carbocycles. The number of carboxylic acids is 1. The number of aromatic nitrogens is 2. The lowest BCUT2D eigenvalue weighted by molar-refractivity contribution is 0.0686. The molecule has 2 aromatic rings. The lowest BCUT2D eigenvalue weighted by Gasteiger charge is -2.10. The van der Waals surface area contributed by atoms with E-state index in [1.807, 2.05) is 0 Å². The Morgan fingerprint density at radius 2 is 1.95 bits per heavy atom. The molecule has 1 aromatic carbocycles. The summed E-state index contributed by atoms with van der Waals surface area (Å²) in [6.07, 6.45) is 1.15. The van der Waals surface area contributed by atoms with Crippen molar-refractivity contribution in [1.29, 1.82) is 0 Å². The average Bonchev–Trinajstić information content (AvgIpc) is 2.96. The van der Waals surface area contributed by atoms with Gasteiger partial charge in [-0.25, -0.2) is 9.78 Å². The van der Waals surface area contributed by atoms with Gasteiger partial charge < -0.3 is 24.9 Å². The smallest absolute Gasteiger partial charge is 0.354 e. The molecule has 1 heterocycles. The van der Waals surface area contributed by atoms with Crippen molar-refractivity contribution in [3.63, 3.8) is 0 Å². The summed E-state index contributed by atoms with van der Waals surface area (Å²) >= 11 is 0. The minimum atomic E-state index is -1.26. The van der Waals surface area contributed by atoms with E-state index in [1.165, 1.54) is 14.2 Å². The number of hydrogen-bond acceptors (Lipinski definition) is 5. The first-order valence-electron chi connectivity index (χ1n) is 5.87. The van der Waals surface area contributed by atoms with E-state index < -0.39 is 11.9 Å². The number of H-pyrrole nitrogens is 1. The Morgan fingerprint density at radius 1 is 1.24 bits per heavy atom. The number of anilines is 1. The summed E-state index contributed by atoms with van der Waals surface area (Å²) in [4.78, 5) is 29.1. The topological polar surface area (TPSA) is 114 Å². The molecular weight excluding hydrogens is 278 g/mol. The summed E-state index contributed by atoms with van der Waals surface area (Å²) in [5.74, 6) is -0.942. The predicted octanol–water partition coefficient (Wildman–Crippen LogP) is 1.38. The van der Waals surface area contributed by atoms with Gasteiger partial charge in [0.1, 0.15) is 0 Å². The number of imidazole rings is 1. The Hall–Kier alpha value is -3.03. The molecule has 21 heavy (non-hydrogen) atoms. The van der Waals surface area contributed by atoms with Gasteiger partial charge >= 0.3 is 5.97 Å². The van der Waals surface area contributed by atoms with Crippen LogP contribution in [0.1, 0.15) is 21.0 Å². The molecule has 0 unspecified atom stereocenters. The van der Waals surface area contributed by atoms with Crippen LogP contribution in [0, 0.1) is 0 Å². The number of aromatic amines is 1. The summed E-state index contributed by atoms with van der Waals surface area (Å²) in [6, 6.07) is 4.78. The second-order valence-corrected chi connectivity index (χ2v) is 3.96. The highest BCUT2D eigenvalue weighted by Crippen LogP contribution is 2.29. The Kier molecular flexibility index (Phi) is 4.07. The number of nitrogens with one attached hydrogen (secondary N) is 2. The van der Waals surface area contributed by atoms with Crippen LogP contribution in [0.25, 0.3) is 0 Å². The van der Waals surface area contributed by atoms with Crippen molar-refractivity contribution in [3.05, 3.63) is 35.9 Å². The van der Waals surface area contributed by atoms with Gasteiger partial charge in [0, 0.05) is 11.8 Å². The Balaban J connectivity index is 2.23. The number of ether oxygens (including phenoxy) is 2. The molecule has 2 rings (SSSR count). The van der Waals surface area contributed by atoms with Crippen LogP contribution in [-0.4, -0.2) is 41.2 Å². The third-order valence-electron chi connectivity index (χ3n) is 2.71. The first-order valence-corrected chi connectivity index (χ1v) is 5.87. The zero-order valence-electron chi connectivity index (χ0n) is 11.3.